The molecule has 0 amide bonds. The second-order valence-electron chi connectivity index (χ2n) is 3.56. The summed E-state index contributed by atoms with van der Waals surface area (Å²) in [4.78, 5) is 1.37. The Morgan fingerprint density at radius 2 is 2.40 bits per heavy atom. The molecule has 80 valence electrons. The van der Waals surface area contributed by atoms with E-state index in [9.17, 15) is 0 Å². The molecule has 1 atom stereocenters. The lowest BCUT2D eigenvalue weighted by Crippen LogP contribution is -2.18. The molecule has 0 saturated heterocycles. The van der Waals surface area contributed by atoms with Crippen molar-refractivity contribution in [3.8, 4) is 0 Å². The predicted octanol–water partition coefficient (Wildman–Crippen LogP) is 2.33. The summed E-state index contributed by atoms with van der Waals surface area (Å²) < 4.78 is 1.90. The second-order valence-corrected chi connectivity index (χ2v) is 4.54. The van der Waals surface area contributed by atoms with Crippen LogP contribution in [0.5, 0.6) is 0 Å². The van der Waals surface area contributed by atoms with Crippen LogP contribution in [0.4, 0.5) is 0 Å². The van der Waals surface area contributed by atoms with Gasteiger partial charge in [-0.1, -0.05) is 6.07 Å². The quantitative estimate of drug-likeness (QED) is 0.858. The Labute approximate surface area is 93.7 Å². The van der Waals surface area contributed by atoms with Gasteiger partial charge in [-0.3, -0.25) is 4.68 Å². The van der Waals surface area contributed by atoms with Crippen LogP contribution in [0.25, 0.3) is 0 Å². The van der Waals surface area contributed by atoms with Crippen LogP contribution in [-0.4, -0.2) is 9.78 Å². The van der Waals surface area contributed by atoms with Gasteiger partial charge in [-0.2, -0.15) is 5.10 Å². The van der Waals surface area contributed by atoms with Gasteiger partial charge >= 0.3 is 0 Å². The zero-order valence-electron chi connectivity index (χ0n) is 8.97. The minimum atomic E-state index is 0.403. The van der Waals surface area contributed by atoms with E-state index in [1.54, 1.807) is 11.3 Å². The van der Waals surface area contributed by atoms with Gasteiger partial charge in [0.2, 0.25) is 0 Å². The fourth-order valence-corrected chi connectivity index (χ4v) is 2.23. The Morgan fingerprint density at radius 3 is 3.00 bits per heavy atom. The molecule has 15 heavy (non-hydrogen) atoms. The number of aryl methyl sites for hydroxylation is 1. The molecular formula is C11H15N3S. The molecule has 0 aliphatic carbocycles. The summed E-state index contributed by atoms with van der Waals surface area (Å²) in [5.41, 5.74) is 1.21. The van der Waals surface area contributed by atoms with Crippen molar-refractivity contribution in [2.24, 2.45) is 7.05 Å². The van der Waals surface area contributed by atoms with Crippen molar-refractivity contribution in [3.63, 3.8) is 0 Å². The highest BCUT2D eigenvalue weighted by Crippen LogP contribution is 2.18. The molecule has 2 heterocycles. The van der Waals surface area contributed by atoms with E-state index >= 15 is 0 Å². The van der Waals surface area contributed by atoms with E-state index < -0.39 is 0 Å². The lowest BCUT2D eigenvalue weighted by Gasteiger charge is -2.11. The van der Waals surface area contributed by atoms with Crippen molar-refractivity contribution in [3.05, 3.63) is 40.3 Å². The third-order valence-corrected chi connectivity index (χ3v) is 3.54. The Kier molecular flexibility index (Phi) is 3.18. The number of thiophene rings is 1. The smallest absolute Gasteiger partial charge is 0.0518 e. The first-order valence-electron chi connectivity index (χ1n) is 5.01. The van der Waals surface area contributed by atoms with Gasteiger partial charge < -0.3 is 5.32 Å². The molecule has 0 aliphatic heterocycles. The molecular weight excluding hydrogens is 206 g/mol. The highest BCUT2D eigenvalue weighted by atomic mass is 32.1. The fraction of sp³-hybridized carbons (Fsp3) is 0.364. The summed E-state index contributed by atoms with van der Waals surface area (Å²) in [6.07, 6.45) is 1.83. The molecule has 3 nitrogen and oxygen atoms in total. The predicted molar refractivity (Wildman–Crippen MR) is 62.8 cm³/mol. The van der Waals surface area contributed by atoms with Crippen LogP contribution in [0.3, 0.4) is 0 Å². The molecule has 0 unspecified atom stereocenters. The van der Waals surface area contributed by atoms with Gasteiger partial charge in [0.15, 0.2) is 0 Å². The van der Waals surface area contributed by atoms with Crippen molar-refractivity contribution in [2.75, 3.05) is 0 Å². The third-order valence-electron chi connectivity index (χ3n) is 2.48. The first-order valence-corrected chi connectivity index (χ1v) is 5.89. The Bertz CT molecular complexity index is 405. The SMILES string of the molecule is C[C@@H](NCc1ccnn1C)c1cccs1. The van der Waals surface area contributed by atoms with Crippen LogP contribution >= 0.6 is 11.3 Å². The number of hydrogen-bond acceptors (Lipinski definition) is 3. The number of hydrogen-bond donors (Lipinski definition) is 1. The van der Waals surface area contributed by atoms with Crippen LogP contribution in [0, 0.1) is 0 Å². The molecule has 0 aliphatic rings. The molecule has 2 aromatic rings. The zero-order chi connectivity index (χ0) is 10.7. The van der Waals surface area contributed by atoms with Crippen molar-refractivity contribution in [1.29, 1.82) is 0 Å². The maximum absolute atomic E-state index is 4.14. The molecule has 2 aromatic heterocycles. The number of rotatable bonds is 4. The lowest BCUT2D eigenvalue weighted by molar-refractivity contribution is 0.554. The van der Waals surface area contributed by atoms with Crippen LogP contribution in [0.15, 0.2) is 29.8 Å². The average Bonchev–Trinajstić information content (AvgIpc) is 2.85. The summed E-state index contributed by atoms with van der Waals surface area (Å²) in [5.74, 6) is 0. The summed E-state index contributed by atoms with van der Waals surface area (Å²) in [6.45, 7) is 3.04. The van der Waals surface area contributed by atoms with Crippen molar-refractivity contribution < 1.29 is 0 Å². The Balaban J connectivity index is 1.91. The van der Waals surface area contributed by atoms with E-state index in [4.69, 9.17) is 0 Å². The van der Waals surface area contributed by atoms with E-state index in [1.165, 1.54) is 10.6 Å². The molecule has 0 saturated carbocycles. The maximum Gasteiger partial charge on any atom is 0.0518 e. The number of aromatic nitrogens is 2. The van der Waals surface area contributed by atoms with E-state index in [-0.39, 0.29) is 0 Å². The summed E-state index contributed by atoms with van der Waals surface area (Å²) >= 11 is 1.79. The summed E-state index contributed by atoms with van der Waals surface area (Å²) in [6, 6.07) is 6.68. The van der Waals surface area contributed by atoms with E-state index in [0.717, 1.165) is 6.54 Å². The first-order chi connectivity index (χ1) is 7.27. The summed E-state index contributed by atoms with van der Waals surface area (Å²) in [5, 5.41) is 9.72. The summed E-state index contributed by atoms with van der Waals surface area (Å²) in [7, 11) is 1.97. The minimum Gasteiger partial charge on any atom is -0.304 e. The molecule has 0 radical (unpaired) electrons. The Hall–Kier alpha value is -1.13. The van der Waals surface area contributed by atoms with Crippen LogP contribution < -0.4 is 5.32 Å². The third kappa shape index (κ3) is 2.46. The average molecular weight is 221 g/mol. The monoisotopic (exact) mass is 221 g/mol. The van der Waals surface area contributed by atoms with Crippen LogP contribution in [-0.2, 0) is 13.6 Å². The molecule has 0 bridgehead atoms. The molecule has 0 spiro atoms. The fourth-order valence-electron chi connectivity index (χ4n) is 1.47. The van der Waals surface area contributed by atoms with E-state index in [2.05, 4.69) is 34.9 Å². The van der Waals surface area contributed by atoms with Gasteiger partial charge in [0.25, 0.3) is 0 Å². The topological polar surface area (TPSA) is 29.9 Å². The zero-order valence-corrected chi connectivity index (χ0v) is 9.79. The number of nitrogens with one attached hydrogen (secondary N) is 1. The molecule has 1 N–H and O–H groups in total. The van der Waals surface area contributed by atoms with E-state index in [1.807, 2.05) is 24.0 Å². The standard InChI is InChI=1S/C11H15N3S/c1-9(11-4-3-7-15-11)12-8-10-5-6-13-14(10)2/h3-7,9,12H,8H2,1-2H3/t9-/m1/s1. The highest BCUT2D eigenvalue weighted by Gasteiger charge is 2.06. The van der Waals surface area contributed by atoms with Gasteiger partial charge in [0.05, 0.1) is 5.69 Å². The molecule has 0 fully saturated rings. The second kappa shape index (κ2) is 4.59. The normalized spacial score (nSPS) is 12.9. The first kappa shape index (κ1) is 10.4. The van der Waals surface area contributed by atoms with Crippen molar-refractivity contribution in [1.82, 2.24) is 15.1 Å². The maximum atomic E-state index is 4.14. The van der Waals surface area contributed by atoms with Crippen molar-refractivity contribution in [2.45, 2.75) is 19.5 Å². The molecule has 0 aromatic carbocycles. The largest absolute Gasteiger partial charge is 0.304 e. The highest BCUT2D eigenvalue weighted by molar-refractivity contribution is 7.10. The Morgan fingerprint density at radius 1 is 1.53 bits per heavy atom. The number of nitrogens with zero attached hydrogens (tertiary/aromatic N) is 2. The van der Waals surface area contributed by atoms with Crippen LogP contribution in [0.2, 0.25) is 0 Å². The van der Waals surface area contributed by atoms with Gasteiger partial charge in [-0.15, -0.1) is 11.3 Å². The molecule has 2 rings (SSSR count). The lowest BCUT2D eigenvalue weighted by atomic mass is 10.2. The van der Waals surface area contributed by atoms with Crippen LogP contribution in [0.1, 0.15) is 23.5 Å². The minimum absolute atomic E-state index is 0.403. The van der Waals surface area contributed by atoms with Gasteiger partial charge in [0.1, 0.15) is 0 Å². The van der Waals surface area contributed by atoms with Crippen molar-refractivity contribution >= 4 is 11.3 Å². The van der Waals surface area contributed by atoms with Gasteiger partial charge in [0, 0.05) is 30.7 Å². The van der Waals surface area contributed by atoms with Gasteiger partial charge in [-0.25, -0.2) is 0 Å². The van der Waals surface area contributed by atoms with E-state index in [0.29, 0.717) is 6.04 Å². The molecule has 4 heteroatoms. The van der Waals surface area contributed by atoms with Gasteiger partial charge in [-0.05, 0) is 24.4 Å².